The maximum absolute atomic E-state index is 13.3. The average Bonchev–Trinajstić information content (AvgIpc) is 3.14. The number of fused-ring (bicyclic) bond motifs is 3. The number of hydrogen-bond donors (Lipinski definition) is 0. The summed E-state index contributed by atoms with van der Waals surface area (Å²) < 4.78 is 19.6. The van der Waals surface area contributed by atoms with Gasteiger partial charge in [-0.15, -0.1) is 0 Å². The van der Waals surface area contributed by atoms with Crippen molar-refractivity contribution in [3.8, 4) is 5.75 Å². The van der Waals surface area contributed by atoms with Crippen LogP contribution in [-0.4, -0.2) is 10.7 Å². The Morgan fingerprint density at radius 3 is 2.41 bits per heavy atom. The highest BCUT2D eigenvalue weighted by molar-refractivity contribution is 6.31. The smallest absolute Gasteiger partial charge is 0.215 e. The largest absolute Gasteiger partial charge is 0.464 e. The SMILES string of the molecule is Fc1ccc(C2=NN3[C@H](C2)c2ccccc2O[C@@H]3c2ccccc2Cl)cc1. The highest BCUT2D eigenvalue weighted by atomic mass is 35.5. The van der Waals surface area contributed by atoms with Crippen LogP contribution >= 0.6 is 11.6 Å². The molecule has 0 unspecified atom stereocenters. The monoisotopic (exact) mass is 378 g/mol. The summed E-state index contributed by atoms with van der Waals surface area (Å²) in [6, 6.07) is 22.2. The van der Waals surface area contributed by atoms with Gasteiger partial charge in [0, 0.05) is 22.6 Å². The lowest BCUT2D eigenvalue weighted by Gasteiger charge is -2.38. The van der Waals surface area contributed by atoms with Gasteiger partial charge in [0.25, 0.3) is 0 Å². The minimum absolute atomic E-state index is 0.0521. The van der Waals surface area contributed by atoms with Gasteiger partial charge < -0.3 is 4.74 Å². The molecule has 0 radical (unpaired) electrons. The first-order valence-corrected chi connectivity index (χ1v) is 9.20. The van der Waals surface area contributed by atoms with Gasteiger partial charge in [0.2, 0.25) is 6.23 Å². The van der Waals surface area contributed by atoms with Crippen molar-refractivity contribution in [1.82, 2.24) is 5.01 Å². The van der Waals surface area contributed by atoms with E-state index in [1.165, 1.54) is 12.1 Å². The fourth-order valence-corrected chi connectivity index (χ4v) is 3.96. The minimum Gasteiger partial charge on any atom is -0.464 e. The topological polar surface area (TPSA) is 24.8 Å². The molecule has 0 fully saturated rings. The van der Waals surface area contributed by atoms with Crippen LogP contribution in [0.1, 0.15) is 35.4 Å². The van der Waals surface area contributed by atoms with E-state index >= 15 is 0 Å². The first kappa shape index (κ1) is 16.3. The van der Waals surface area contributed by atoms with Gasteiger partial charge >= 0.3 is 0 Å². The number of hydrogen-bond acceptors (Lipinski definition) is 3. The molecule has 134 valence electrons. The number of para-hydroxylation sites is 1. The molecule has 2 aliphatic rings. The molecule has 2 atom stereocenters. The first-order chi connectivity index (χ1) is 13.2. The van der Waals surface area contributed by atoms with Gasteiger partial charge in [0.05, 0.1) is 11.8 Å². The van der Waals surface area contributed by atoms with Gasteiger partial charge in [-0.2, -0.15) is 5.10 Å². The van der Waals surface area contributed by atoms with Crippen molar-refractivity contribution in [2.24, 2.45) is 5.10 Å². The fraction of sp³-hybridized carbons (Fsp3) is 0.136. The van der Waals surface area contributed by atoms with E-state index in [2.05, 4.69) is 6.07 Å². The van der Waals surface area contributed by atoms with Crippen LogP contribution in [0.4, 0.5) is 4.39 Å². The summed E-state index contributed by atoms with van der Waals surface area (Å²) in [4.78, 5) is 0. The molecule has 2 heterocycles. The molecule has 0 bridgehead atoms. The predicted molar refractivity (Wildman–Crippen MR) is 103 cm³/mol. The van der Waals surface area contributed by atoms with Crippen LogP contribution in [0.15, 0.2) is 77.9 Å². The summed E-state index contributed by atoms with van der Waals surface area (Å²) >= 11 is 6.45. The number of benzene rings is 3. The van der Waals surface area contributed by atoms with Gasteiger partial charge in [-0.25, -0.2) is 9.40 Å². The van der Waals surface area contributed by atoms with Crippen molar-refractivity contribution >= 4 is 17.3 Å². The van der Waals surface area contributed by atoms with E-state index in [9.17, 15) is 4.39 Å². The molecule has 3 nitrogen and oxygen atoms in total. The zero-order chi connectivity index (χ0) is 18.4. The Bertz CT molecular complexity index is 1030. The Morgan fingerprint density at radius 1 is 0.926 bits per heavy atom. The van der Waals surface area contributed by atoms with Crippen molar-refractivity contribution in [2.45, 2.75) is 18.7 Å². The summed E-state index contributed by atoms with van der Waals surface area (Å²) in [5.41, 5.74) is 3.81. The Hall–Kier alpha value is -2.85. The molecule has 3 aromatic carbocycles. The van der Waals surface area contributed by atoms with E-state index in [0.29, 0.717) is 5.02 Å². The zero-order valence-corrected chi connectivity index (χ0v) is 15.1. The van der Waals surface area contributed by atoms with Crippen LogP contribution in [0.5, 0.6) is 5.75 Å². The van der Waals surface area contributed by atoms with Crippen molar-refractivity contribution < 1.29 is 9.13 Å². The molecular formula is C22H16ClFN2O. The van der Waals surface area contributed by atoms with Crippen molar-refractivity contribution in [1.29, 1.82) is 0 Å². The lowest BCUT2D eigenvalue weighted by atomic mass is 9.96. The quantitative estimate of drug-likeness (QED) is 0.569. The molecule has 0 spiro atoms. The third kappa shape index (κ3) is 2.77. The van der Waals surface area contributed by atoms with E-state index in [0.717, 1.165) is 34.6 Å². The van der Waals surface area contributed by atoms with Gasteiger partial charge in [0.15, 0.2) is 0 Å². The molecule has 2 aliphatic heterocycles. The average molecular weight is 379 g/mol. The summed E-state index contributed by atoms with van der Waals surface area (Å²) in [6.07, 6.45) is 0.323. The normalized spacial score (nSPS) is 20.5. The summed E-state index contributed by atoms with van der Waals surface area (Å²) in [5.74, 6) is 0.594. The molecule has 0 saturated heterocycles. The second-order valence-corrected chi connectivity index (χ2v) is 7.09. The number of ether oxygens (including phenoxy) is 1. The second kappa shape index (κ2) is 6.39. The second-order valence-electron chi connectivity index (χ2n) is 6.68. The molecular weight excluding hydrogens is 363 g/mol. The summed E-state index contributed by atoms with van der Waals surface area (Å²) in [7, 11) is 0. The van der Waals surface area contributed by atoms with E-state index in [1.807, 2.05) is 47.5 Å². The highest BCUT2D eigenvalue weighted by Gasteiger charge is 2.41. The van der Waals surface area contributed by atoms with E-state index in [-0.39, 0.29) is 11.9 Å². The van der Waals surface area contributed by atoms with Crippen molar-refractivity contribution in [2.75, 3.05) is 0 Å². The van der Waals surface area contributed by atoms with Crippen LogP contribution in [0.2, 0.25) is 5.02 Å². The minimum atomic E-state index is -0.406. The van der Waals surface area contributed by atoms with Crippen LogP contribution in [-0.2, 0) is 0 Å². The Balaban J connectivity index is 1.61. The Labute approximate surface area is 161 Å². The van der Waals surface area contributed by atoms with Crippen molar-refractivity contribution in [3.05, 3.63) is 100 Å². The molecule has 5 rings (SSSR count). The molecule has 0 aliphatic carbocycles. The van der Waals surface area contributed by atoms with Crippen LogP contribution in [0, 0.1) is 5.82 Å². The van der Waals surface area contributed by atoms with Crippen LogP contribution < -0.4 is 4.74 Å². The van der Waals surface area contributed by atoms with Gasteiger partial charge in [-0.3, -0.25) is 0 Å². The van der Waals surface area contributed by atoms with Crippen molar-refractivity contribution in [3.63, 3.8) is 0 Å². The fourth-order valence-electron chi connectivity index (χ4n) is 3.73. The summed E-state index contributed by atoms with van der Waals surface area (Å²) in [6.45, 7) is 0. The zero-order valence-electron chi connectivity index (χ0n) is 14.3. The molecule has 0 amide bonds. The van der Waals surface area contributed by atoms with E-state index < -0.39 is 6.23 Å². The van der Waals surface area contributed by atoms with E-state index in [4.69, 9.17) is 21.4 Å². The molecule has 0 saturated carbocycles. The number of rotatable bonds is 2. The molecule has 0 aromatic heterocycles. The lowest BCUT2D eigenvalue weighted by molar-refractivity contribution is -0.0189. The van der Waals surface area contributed by atoms with Gasteiger partial charge in [0.1, 0.15) is 11.6 Å². The predicted octanol–water partition coefficient (Wildman–Crippen LogP) is 5.72. The first-order valence-electron chi connectivity index (χ1n) is 8.82. The molecule has 5 heteroatoms. The summed E-state index contributed by atoms with van der Waals surface area (Å²) in [5, 5.41) is 7.47. The van der Waals surface area contributed by atoms with Gasteiger partial charge in [-0.05, 0) is 29.8 Å². The Morgan fingerprint density at radius 2 is 1.63 bits per heavy atom. The third-order valence-corrected chi connectivity index (χ3v) is 5.39. The van der Waals surface area contributed by atoms with E-state index in [1.54, 1.807) is 12.1 Å². The van der Waals surface area contributed by atoms with Crippen LogP contribution in [0.3, 0.4) is 0 Å². The number of halogens is 2. The highest BCUT2D eigenvalue weighted by Crippen LogP contribution is 2.48. The maximum atomic E-state index is 13.3. The number of nitrogens with zero attached hydrogens (tertiary/aromatic N) is 2. The molecule has 0 N–H and O–H groups in total. The lowest BCUT2D eigenvalue weighted by Crippen LogP contribution is -2.33. The third-order valence-electron chi connectivity index (χ3n) is 5.05. The Kier molecular flexibility index (Phi) is 3.87. The standard InChI is InChI=1S/C22H16ClFN2O/c23-18-7-3-1-5-16(18)22-26-20(17-6-2-4-8-21(17)27-22)13-19(25-26)14-9-11-15(24)12-10-14/h1-12,20,22H,13H2/t20-,22-/m1/s1. The molecule has 27 heavy (non-hydrogen) atoms. The molecule has 3 aromatic rings. The van der Waals surface area contributed by atoms with Gasteiger partial charge in [-0.1, -0.05) is 60.1 Å². The maximum Gasteiger partial charge on any atom is 0.215 e. The van der Waals surface area contributed by atoms with Crippen LogP contribution in [0.25, 0.3) is 0 Å². The number of hydrazone groups is 1.